The Morgan fingerprint density at radius 1 is 1.23 bits per heavy atom. The topological polar surface area (TPSA) is 93.4 Å². The standard InChI is InChI=1S/C17H14N2O3/c1-11-4-2-3-5-15(11)19-17(22)13(10-18)8-12-6-7-14(20)9-16(12)21/h2-9,20-21H,1H3,(H,19,22)/b13-8-. The quantitative estimate of drug-likeness (QED) is 0.599. The van der Waals surface area contributed by atoms with Crippen LogP contribution in [0.15, 0.2) is 48.0 Å². The van der Waals surface area contributed by atoms with Gasteiger partial charge in [0.1, 0.15) is 23.1 Å². The third-order valence-electron chi connectivity index (χ3n) is 3.07. The van der Waals surface area contributed by atoms with Gasteiger partial charge in [0.15, 0.2) is 0 Å². The Balaban J connectivity index is 2.28. The van der Waals surface area contributed by atoms with Crippen LogP contribution in [0.1, 0.15) is 11.1 Å². The van der Waals surface area contributed by atoms with Gasteiger partial charge < -0.3 is 15.5 Å². The number of nitriles is 1. The predicted octanol–water partition coefficient (Wildman–Crippen LogP) is 2.95. The third kappa shape index (κ3) is 3.44. The highest BCUT2D eigenvalue weighted by molar-refractivity contribution is 6.10. The number of rotatable bonds is 3. The highest BCUT2D eigenvalue weighted by Crippen LogP contribution is 2.25. The van der Waals surface area contributed by atoms with Crippen molar-refractivity contribution < 1.29 is 15.0 Å². The SMILES string of the molecule is Cc1ccccc1NC(=O)/C(C#N)=C\c1ccc(O)cc1O. The number of hydrogen-bond acceptors (Lipinski definition) is 4. The molecule has 0 radical (unpaired) electrons. The van der Waals surface area contributed by atoms with Gasteiger partial charge in [-0.05, 0) is 36.8 Å². The van der Waals surface area contributed by atoms with Crippen LogP contribution in [-0.2, 0) is 4.79 Å². The summed E-state index contributed by atoms with van der Waals surface area (Å²) in [5.41, 5.74) is 1.61. The molecule has 0 bridgehead atoms. The Hall–Kier alpha value is -3.26. The van der Waals surface area contributed by atoms with Crippen molar-refractivity contribution in [3.8, 4) is 17.6 Å². The lowest BCUT2D eigenvalue weighted by Gasteiger charge is -2.07. The fourth-order valence-electron chi connectivity index (χ4n) is 1.86. The van der Waals surface area contributed by atoms with E-state index in [9.17, 15) is 15.0 Å². The lowest BCUT2D eigenvalue weighted by atomic mass is 10.1. The molecule has 0 saturated heterocycles. The molecule has 0 heterocycles. The van der Waals surface area contributed by atoms with Crippen molar-refractivity contribution in [2.75, 3.05) is 5.32 Å². The van der Waals surface area contributed by atoms with Gasteiger partial charge in [-0.2, -0.15) is 5.26 Å². The van der Waals surface area contributed by atoms with Crippen molar-refractivity contribution in [2.24, 2.45) is 0 Å². The summed E-state index contributed by atoms with van der Waals surface area (Å²) in [6.45, 7) is 1.84. The summed E-state index contributed by atoms with van der Waals surface area (Å²) in [7, 11) is 0. The van der Waals surface area contributed by atoms with Gasteiger partial charge in [-0.1, -0.05) is 18.2 Å². The van der Waals surface area contributed by atoms with Crippen LogP contribution in [0.2, 0.25) is 0 Å². The van der Waals surface area contributed by atoms with Crippen molar-refractivity contribution in [1.82, 2.24) is 0 Å². The number of carbonyl (C=O) groups excluding carboxylic acids is 1. The smallest absolute Gasteiger partial charge is 0.266 e. The van der Waals surface area contributed by atoms with Gasteiger partial charge in [0.25, 0.3) is 5.91 Å². The minimum atomic E-state index is -0.565. The van der Waals surface area contributed by atoms with Crippen LogP contribution < -0.4 is 5.32 Å². The number of para-hydroxylation sites is 1. The highest BCUT2D eigenvalue weighted by atomic mass is 16.3. The van der Waals surface area contributed by atoms with Gasteiger partial charge >= 0.3 is 0 Å². The lowest BCUT2D eigenvalue weighted by Crippen LogP contribution is -2.14. The van der Waals surface area contributed by atoms with Gasteiger partial charge in [0.05, 0.1) is 0 Å². The van der Waals surface area contributed by atoms with Crippen molar-refractivity contribution in [3.05, 3.63) is 59.2 Å². The zero-order valence-corrected chi connectivity index (χ0v) is 11.9. The molecule has 0 spiro atoms. The summed E-state index contributed by atoms with van der Waals surface area (Å²) in [4.78, 5) is 12.1. The zero-order chi connectivity index (χ0) is 16.1. The molecule has 2 aromatic carbocycles. The van der Waals surface area contributed by atoms with Crippen LogP contribution >= 0.6 is 0 Å². The molecule has 3 N–H and O–H groups in total. The minimum Gasteiger partial charge on any atom is -0.508 e. The van der Waals surface area contributed by atoms with E-state index in [-0.39, 0.29) is 22.6 Å². The molecule has 0 aromatic heterocycles. The molecule has 0 unspecified atom stereocenters. The molecule has 0 atom stereocenters. The first-order valence-electron chi connectivity index (χ1n) is 6.52. The second-order valence-corrected chi connectivity index (χ2v) is 4.68. The monoisotopic (exact) mass is 294 g/mol. The van der Waals surface area contributed by atoms with Crippen LogP contribution in [0.4, 0.5) is 5.69 Å². The molecule has 0 aliphatic carbocycles. The maximum absolute atomic E-state index is 12.1. The molecule has 0 aliphatic heterocycles. The van der Waals surface area contributed by atoms with Gasteiger partial charge in [-0.15, -0.1) is 0 Å². The zero-order valence-electron chi connectivity index (χ0n) is 11.9. The second-order valence-electron chi connectivity index (χ2n) is 4.68. The highest BCUT2D eigenvalue weighted by Gasteiger charge is 2.12. The number of phenols is 2. The molecule has 0 aliphatic rings. The van der Waals surface area contributed by atoms with E-state index in [1.54, 1.807) is 12.1 Å². The summed E-state index contributed by atoms with van der Waals surface area (Å²) in [6, 6.07) is 12.9. The molecule has 2 aromatic rings. The number of phenolic OH excluding ortho intramolecular Hbond substituents is 2. The van der Waals surface area contributed by atoms with Gasteiger partial charge in [-0.25, -0.2) is 0 Å². The molecular formula is C17H14N2O3. The van der Waals surface area contributed by atoms with Crippen LogP contribution in [0, 0.1) is 18.3 Å². The summed E-state index contributed by atoms with van der Waals surface area (Å²) >= 11 is 0. The van der Waals surface area contributed by atoms with Gasteiger partial charge in [0, 0.05) is 17.3 Å². The molecule has 110 valence electrons. The van der Waals surface area contributed by atoms with E-state index in [4.69, 9.17) is 5.26 Å². The number of nitrogens with one attached hydrogen (secondary N) is 1. The molecule has 5 heteroatoms. The number of aryl methyl sites for hydroxylation is 1. The minimum absolute atomic E-state index is 0.0995. The largest absolute Gasteiger partial charge is 0.508 e. The Kier molecular flexibility index (Phi) is 4.44. The van der Waals surface area contributed by atoms with E-state index in [1.165, 1.54) is 18.2 Å². The number of amides is 1. The molecule has 0 fully saturated rings. The fourth-order valence-corrected chi connectivity index (χ4v) is 1.86. The molecule has 2 rings (SSSR count). The van der Waals surface area contributed by atoms with Gasteiger partial charge in [0.2, 0.25) is 0 Å². The Bertz CT molecular complexity index is 789. The first kappa shape index (κ1) is 15.1. The number of aromatic hydroxyl groups is 2. The summed E-state index contributed by atoms with van der Waals surface area (Å²) in [6.07, 6.45) is 1.27. The average Bonchev–Trinajstić information content (AvgIpc) is 2.49. The number of carbonyl (C=O) groups is 1. The van der Waals surface area contributed by atoms with E-state index in [0.29, 0.717) is 5.69 Å². The van der Waals surface area contributed by atoms with Crippen molar-refractivity contribution in [2.45, 2.75) is 6.92 Å². The van der Waals surface area contributed by atoms with Crippen LogP contribution in [-0.4, -0.2) is 16.1 Å². The average molecular weight is 294 g/mol. The second kappa shape index (κ2) is 6.46. The maximum atomic E-state index is 12.1. The molecule has 5 nitrogen and oxygen atoms in total. The maximum Gasteiger partial charge on any atom is 0.266 e. The van der Waals surface area contributed by atoms with E-state index in [0.717, 1.165) is 11.6 Å². The number of anilines is 1. The van der Waals surface area contributed by atoms with E-state index < -0.39 is 5.91 Å². The van der Waals surface area contributed by atoms with E-state index in [2.05, 4.69) is 5.32 Å². The van der Waals surface area contributed by atoms with Crippen LogP contribution in [0.5, 0.6) is 11.5 Å². The molecule has 22 heavy (non-hydrogen) atoms. The third-order valence-corrected chi connectivity index (χ3v) is 3.07. The summed E-state index contributed by atoms with van der Waals surface area (Å²) in [5, 5.41) is 30.7. The van der Waals surface area contributed by atoms with Gasteiger partial charge in [-0.3, -0.25) is 4.79 Å². The first-order valence-corrected chi connectivity index (χ1v) is 6.52. The van der Waals surface area contributed by atoms with E-state index >= 15 is 0 Å². The normalized spacial score (nSPS) is 10.8. The lowest BCUT2D eigenvalue weighted by molar-refractivity contribution is -0.112. The predicted molar refractivity (Wildman–Crippen MR) is 83.2 cm³/mol. The Morgan fingerprint density at radius 3 is 2.59 bits per heavy atom. The molecule has 1 amide bonds. The number of benzene rings is 2. The van der Waals surface area contributed by atoms with E-state index in [1.807, 2.05) is 25.1 Å². The summed E-state index contributed by atoms with van der Waals surface area (Å²) in [5.74, 6) is -0.877. The fraction of sp³-hybridized carbons (Fsp3) is 0.0588. The Morgan fingerprint density at radius 2 is 1.95 bits per heavy atom. The van der Waals surface area contributed by atoms with Crippen molar-refractivity contribution in [1.29, 1.82) is 5.26 Å². The molecule has 0 saturated carbocycles. The Labute approximate surface area is 127 Å². The number of nitrogens with zero attached hydrogens (tertiary/aromatic N) is 1. The van der Waals surface area contributed by atoms with Crippen molar-refractivity contribution in [3.63, 3.8) is 0 Å². The van der Waals surface area contributed by atoms with Crippen molar-refractivity contribution >= 4 is 17.7 Å². The van der Waals surface area contributed by atoms with Crippen LogP contribution in [0.25, 0.3) is 6.08 Å². The number of hydrogen-bond donors (Lipinski definition) is 3. The van der Waals surface area contributed by atoms with Crippen LogP contribution in [0.3, 0.4) is 0 Å². The first-order chi connectivity index (χ1) is 10.5. The summed E-state index contributed by atoms with van der Waals surface area (Å²) < 4.78 is 0. The molecular weight excluding hydrogens is 280 g/mol.